The maximum Gasteiger partial charge on any atom is 0.326 e. The number of carboxylic acid groups (broad SMARTS) is 1. The van der Waals surface area contributed by atoms with E-state index < -0.39 is 59.9 Å². The first-order chi connectivity index (χ1) is 20.5. The van der Waals surface area contributed by atoms with Gasteiger partial charge in [0.15, 0.2) is 0 Å². The van der Waals surface area contributed by atoms with E-state index in [2.05, 4.69) is 25.9 Å². The normalized spacial score (nSPS) is 15.0. The van der Waals surface area contributed by atoms with Crippen LogP contribution in [-0.2, 0) is 32.0 Å². The fraction of sp³-hybridized carbons (Fsp3) is 0.355. The molecule has 228 valence electrons. The number of nitrogens with one attached hydrogen (secondary N) is 5. The molecule has 12 nitrogen and oxygen atoms in total. The van der Waals surface area contributed by atoms with Gasteiger partial charge in [0.05, 0.1) is 12.1 Å². The van der Waals surface area contributed by atoms with Crippen LogP contribution in [0.4, 0.5) is 0 Å². The Kier molecular flexibility index (Phi) is 9.84. The SMILES string of the molecule is CC(C)[C@@H](NC(=O)[C@@H](Cc1c[nH]c2ccccc12)NC(=O)[C@H](NC(=O)[C@@H](N)Cc1c[nH]c2ccccc12)[C@H](C)O)C(=O)O. The molecule has 4 rings (SSSR count). The van der Waals surface area contributed by atoms with Gasteiger partial charge in [0.25, 0.3) is 0 Å². The lowest BCUT2D eigenvalue weighted by molar-refractivity contribution is -0.143. The number of aromatic nitrogens is 2. The number of hydrogen-bond acceptors (Lipinski definition) is 6. The summed E-state index contributed by atoms with van der Waals surface area (Å²) in [5.41, 5.74) is 9.45. The second-order valence-electron chi connectivity index (χ2n) is 11.1. The van der Waals surface area contributed by atoms with Crippen molar-refractivity contribution < 1.29 is 29.4 Å². The van der Waals surface area contributed by atoms with Crippen LogP contribution in [0.3, 0.4) is 0 Å². The molecule has 3 amide bonds. The standard InChI is InChI=1S/C31H38N6O6/c1-16(2)26(31(42)43)36-29(40)25(13-19-15-34-24-11-7-5-9-21(19)24)35-30(41)27(17(3)38)37-28(39)22(32)12-18-14-33-23-10-6-4-8-20(18)23/h4-11,14-17,22,25-27,33-34,38H,12-13,32H2,1-3H3,(H,35,41)(H,36,40)(H,37,39)(H,42,43)/t17-,22-,25+,26+,27+/m0/s1. The summed E-state index contributed by atoms with van der Waals surface area (Å²) in [5.74, 6) is -3.83. The second-order valence-corrected chi connectivity index (χ2v) is 11.1. The van der Waals surface area contributed by atoms with Crippen LogP contribution < -0.4 is 21.7 Å². The van der Waals surface area contributed by atoms with E-state index in [-0.39, 0.29) is 12.8 Å². The van der Waals surface area contributed by atoms with Crippen LogP contribution in [-0.4, -0.2) is 74.1 Å². The maximum atomic E-state index is 13.5. The number of carbonyl (C=O) groups excluding carboxylic acids is 3. The monoisotopic (exact) mass is 590 g/mol. The molecule has 5 atom stereocenters. The topological polar surface area (TPSA) is 202 Å². The van der Waals surface area contributed by atoms with E-state index in [4.69, 9.17) is 5.73 Å². The van der Waals surface area contributed by atoms with Gasteiger partial charge < -0.3 is 41.9 Å². The highest BCUT2D eigenvalue weighted by Crippen LogP contribution is 2.20. The van der Waals surface area contributed by atoms with Gasteiger partial charge in [-0.1, -0.05) is 50.2 Å². The number of aliphatic carboxylic acids is 1. The first kappa shape index (κ1) is 31.3. The first-order valence-electron chi connectivity index (χ1n) is 14.1. The zero-order valence-corrected chi connectivity index (χ0v) is 24.3. The molecular formula is C31H38N6O6. The van der Waals surface area contributed by atoms with Gasteiger partial charge in [-0.05, 0) is 42.5 Å². The van der Waals surface area contributed by atoms with Crippen molar-refractivity contribution in [1.29, 1.82) is 0 Å². The third kappa shape index (κ3) is 7.40. The first-order valence-corrected chi connectivity index (χ1v) is 14.1. The summed E-state index contributed by atoms with van der Waals surface area (Å²) in [6.07, 6.45) is 2.36. The Labute approximate surface area is 248 Å². The number of fused-ring (bicyclic) bond motifs is 2. The molecular weight excluding hydrogens is 552 g/mol. The summed E-state index contributed by atoms with van der Waals surface area (Å²) < 4.78 is 0. The van der Waals surface area contributed by atoms with E-state index in [1.54, 1.807) is 26.2 Å². The minimum Gasteiger partial charge on any atom is -0.480 e. The van der Waals surface area contributed by atoms with Crippen LogP contribution >= 0.6 is 0 Å². The number of carbonyl (C=O) groups is 4. The molecule has 2 aromatic heterocycles. The van der Waals surface area contributed by atoms with Crippen LogP contribution in [0.15, 0.2) is 60.9 Å². The number of carboxylic acids is 1. The largest absolute Gasteiger partial charge is 0.480 e. The number of amides is 3. The molecule has 0 aliphatic rings. The number of hydrogen-bond donors (Lipinski definition) is 8. The number of rotatable bonds is 13. The highest BCUT2D eigenvalue weighted by atomic mass is 16.4. The molecule has 0 aliphatic heterocycles. The molecule has 0 saturated carbocycles. The lowest BCUT2D eigenvalue weighted by Gasteiger charge is -2.27. The molecule has 0 saturated heterocycles. The third-order valence-electron chi connectivity index (χ3n) is 7.48. The third-order valence-corrected chi connectivity index (χ3v) is 7.48. The van der Waals surface area contributed by atoms with Crippen molar-refractivity contribution in [2.24, 2.45) is 11.7 Å². The van der Waals surface area contributed by atoms with Gasteiger partial charge in [-0.3, -0.25) is 14.4 Å². The molecule has 12 heteroatoms. The predicted octanol–water partition coefficient (Wildman–Crippen LogP) is 1.34. The molecule has 43 heavy (non-hydrogen) atoms. The number of benzene rings is 2. The van der Waals surface area contributed by atoms with Gasteiger partial charge in [0.2, 0.25) is 17.7 Å². The van der Waals surface area contributed by atoms with Crippen molar-refractivity contribution in [3.8, 4) is 0 Å². The van der Waals surface area contributed by atoms with Gasteiger partial charge in [0.1, 0.15) is 18.1 Å². The Bertz CT molecular complexity index is 1610. The van der Waals surface area contributed by atoms with Crippen LogP contribution in [0, 0.1) is 5.92 Å². The number of aliphatic hydroxyl groups is 1. The van der Waals surface area contributed by atoms with E-state index in [9.17, 15) is 29.4 Å². The van der Waals surface area contributed by atoms with E-state index in [1.807, 2.05) is 48.5 Å². The van der Waals surface area contributed by atoms with Crippen molar-refractivity contribution >= 4 is 45.5 Å². The van der Waals surface area contributed by atoms with E-state index in [0.29, 0.717) is 5.56 Å². The van der Waals surface area contributed by atoms with Crippen molar-refractivity contribution in [3.05, 3.63) is 72.1 Å². The molecule has 0 aliphatic carbocycles. The van der Waals surface area contributed by atoms with Crippen molar-refractivity contribution in [2.45, 2.75) is 63.9 Å². The van der Waals surface area contributed by atoms with Crippen LogP contribution in [0.2, 0.25) is 0 Å². The maximum absolute atomic E-state index is 13.5. The summed E-state index contributed by atoms with van der Waals surface area (Å²) in [7, 11) is 0. The average molecular weight is 591 g/mol. The Balaban J connectivity index is 1.51. The predicted molar refractivity (Wildman–Crippen MR) is 162 cm³/mol. The van der Waals surface area contributed by atoms with Gasteiger partial charge in [-0.2, -0.15) is 0 Å². The molecule has 9 N–H and O–H groups in total. The zero-order chi connectivity index (χ0) is 31.3. The molecule has 2 heterocycles. The summed E-state index contributed by atoms with van der Waals surface area (Å²) >= 11 is 0. The number of para-hydroxylation sites is 2. The summed E-state index contributed by atoms with van der Waals surface area (Å²) in [6, 6.07) is 10.1. The molecule has 4 aromatic rings. The van der Waals surface area contributed by atoms with Gasteiger partial charge in [-0.25, -0.2) is 4.79 Å². The van der Waals surface area contributed by atoms with Crippen LogP contribution in [0.1, 0.15) is 31.9 Å². The molecule has 0 spiro atoms. The zero-order valence-electron chi connectivity index (χ0n) is 24.3. The van der Waals surface area contributed by atoms with E-state index >= 15 is 0 Å². The fourth-order valence-corrected chi connectivity index (χ4v) is 5.05. The van der Waals surface area contributed by atoms with Crippen LogP contribution in [0.5, 0.6) is 0 Å². The Morgan fingerprint density at radius 1 is 0.744 bits per heavy atom. The molecule has 0 fully saturated rings. The lowest BCUT2D eigenvalue weighted by Crippen LogP contribution is -2.60. The number of aromatic amines is 2. The van der Waals surface area contributed by atoms with E-state index in [1.165, 1.54) is 6.92 Å². The average Bonchev–Trinajstić information content (AvgIpc) is 3.57. The summed E-state index contributed by atoms with van der Waals surface area (Å²) in [6.45, 7) is 4.65. The minimum atomic E-state index is -1.43. The lowest BCUT2D eigenvalue weighted by atomic mass is 10.0. The van der Waals surface area contributed by atoms with Gasteiger partial charge >= 0.3 is 5.97 Å². The molecule has 2 aromatic carbocycles. The molecule has 0 bridgehead atoms. The van der Waals surface area contributed by atoms with Crippen molar-refractivity contribution in [1.82, 2.24) is 25.9 Å². The van der Waals surface area contributed by atoms with Crippen molar-refractivity contribution in [3.63, 3.8) is 0 Å². The van der Waals surface area contributed by atoms with E-state index in [0.717, 1.165) is 27.4 Å². The fourth-order valence-electron chi connectivity index (χ4n) is 5.05. The highest BCUT2D eigenvalue weighted by Gasteiger charge is 2.33. The molecule has 0 radical (unpaired) electrons. The summed E-state index contributed by atoms with van der Waals surface area (Å²) in [4.78, 5) is 57.9. The smallest absolute Gasteiger partial charge is 0.326 e. The highest BCUT2D eigenvalue weighted by molar-refractivity contribution is 5.95. The minimum absolute atomic E-state index is 0.0204. The van der Waals surface area contributed by atoms with Gasteiger partial charge in [0, 0.05) is 40.6 Å². The Morgan fingerprint density at radius 2 is 1.26 bits per heavy atom. The van der Waals surface area contributed by atoms with Gasteiger partial charge in [-0.15, -0.1) is 0 Å². The van der Waals surface area contributed by atoms with Crippen LogP contribution in [0.25, 0.3) is 21.8 Å². The Morgan fingerprint density at radius 3 is 1.77 bits per heavy atom. The number of H-pyrrole nitrogens is 2. The van der Waals surface area contributed by atoms with Crippen molar-refractivity contribution in [2.75, 3.05) is 0 Å². The Hall–Kier alpha value is -4.68. The summed E-state index contributed by atoms with van der Waals surface area (Å²) in [5, 5.41) is 29.5. The quantitative estimate of drug-likeness (QED) is 0.115. The number of aliphatic hydroxyl groups excluding tert-OH is 1. The molecule has 0 unspecified atom stereocenters. The number of nitrogens with two attached hydrogens (primary N) is 1. The second kappa shape index (κ2) is 13.5.